The van der Waals surface area contributed by atoms with Crippen LogP contribution in [0.25, 0.3) is 0 Å². The molecule has 1 amide bonds. The summed E-state index contributed by atoms with van der Waals surface area (Å²) >= 11 is 4.38. The smallest absolute Gasteiger partial charge is 0.786 e. The summed E-state index contributed by atoms with van der Waals surface area (Å²) in [4.78, 5) is 9.99. The van der Waals surface area contributed by atoms with Crippen LogP contribution in [0.2, 0.25) is 0 Å². The molecular formula is C4H6AgNOS. The summed E-state index contributed by atoms with van der Waals surface area (Å²) in [6, 6.07) is 0. The maximum atomic E-state index is 9.99. The van der Waals surface area contributed by atoms with Crippen LogP contribution in [0, 0.1) is 0 Å². The first-order chi connectivity index (χ1) is 3.27. The molecule has 0 fully saturated rings. The summed E-state index contributed by atoms with van der Waals surface area (Å²) in [6.07, 6.45) is 1.41. The average molecular weight is 224 g/mol. The van der Waals surface area contributed by atoms with Gasteiger partial charge in [0, 0.05) is 6.92 Å². The monoisotopic (exact) mass is 223 g/mol. The molecule has 0 aliphatic rings. The van der Waals surface area contributed by atoms with Crippen molar-refractivity contribution in [3.63, 3.8) is 0 Å². The van der Waals surface area contributed by atoms with E-state index in [1.807, 2.05) is 0 Å². The molecule has 0 aliphatic heterocycles. The molecule has 50 valence electrons. The fraction of sp³-hybridized carbons (Fsp3) is 0.250. The second-order valence-electron chi connectivity index (χ2n) is 1.00. The molecule has 1 N–H and O–H groups in total. The first kappa shape index (κ1) is 11.0. The van der Waals surface area contributed by atoms with E-state index in [4.69, 9.17) is 0 Å². The minimum Gasteiger partial charge on any atom is -0.786 e. The number of amides is 1. The van der Waals surface area contributed by atoms with Crippen molar-refractivity contribution in [1.82, 2.24) is 5.32 Å². The van der Waals surface area contributed by atoms with E-state index in [0.29, 0.717) is 0 Å². The predicted octanol–water partition coefficient (Wildman–Crippen LogP) is 0.138. The maximum Gasteiger partial charge on any atom is 1.00 e. The number of rotatable bonds is 1. The number of nitrogens with one attached hydrogen (secondary N) is 1. The van der Waals surface area contributed by atoms with Gasteiger partial charge in [-0.05, 0) is 6.20 Å². The van der Waals surface area contributed by atoms with Crippen molar-refractivity contribution in [2.24, 2.45) is 0 Å². The summed E-state index contributed by atoms with van der Waals surface area (Å²) in [5, 5.41) is 3.72. The minimum absolute atomic E-state index is 0. The largest absolute Gasteiger partial charge is 1.00 e. The zero-order valence-electron chi connectivity index (χ0n) is 4.27. The molecule has 0 bridgehead atoms. The Morgan fingerprint density at radius 3 is 2.38 bits per heavy atom. The molecule has 0 saturated heterocycles. The Hall–Kier alpha value is 0.170. The van der Waals surface area contributed by atoms with E-state index in [0.717, 1.165) is 0 Å². The summed E-state index contributed by atoms with van der Waals surface area (Å²) in [5.74, 6) is -0.0962. The molecule has 0 spiro atoms. The Morgan fingerprint density at radius 2 is 2.25 bits per heavy atom. The van der Waals surface area contributed by atoms with Gasteiger partial charge < -0.3 is 17.9 Å². The number of hydrogen-bond donors (Lipinski definition) is 1. The number of hydrogen-bond acceptors (Lipinski definition) is 2. The molecule has 0 saturated carbocycles. The van der Waals surface area contributed by atoms with Gasteiger partial charge in [-0.25, -0.2) is 0 Å². The zero-order valence-corrected chi connectivity index (χ0v) is 6.57. The maximum absolute atomic E-state index is 9.99. The molecule has 0 rings (SSSR count). The quantitative estimate of drug-likeness (QED) is 0.507. The Bertz CT molecular complexity index is 94.0. The predicted molar refractivity (Wildman–Crippen MR) is 30.3 cm³/mol. The summed E-state index contributed by atoms with van der Waals surface area (Å²) < 4.78 is 0. The van der Waals surface area contributed by atoms with Crippen LogP contribution >= 0.6 is 0 Å². The minimum atomic E-state index is -0.0962. The van der Waals surface area contributed by atoms with Crippen molar-refractivity contribution in [3.05, 3.63) is 11.6 Å². The van der Waals surface area contributed by atoms with Gasteiger partial charge in [-0.2, -0.15) is 5.41 Å². The van der Waals surface area contributed by atoms with Gasteiger partial charge in [0.1, 0.15) is 0 Å². The van der Waals surface area contributed by atoms with Gasteiger partial charge >= 0.3 is 22.4 Å². The van der Waals surface area contributed by atoms with E-state index in [1.54, 1.807) is 0 Å². The molecule has 2 nitrogen and oxygen atoms in total. The van der Waals surface area contributed by atoms with Gasteiger partial charge in [-0.3, -0.25) is 4.79 Å². The van der Waals surface area contributed by atoms with Crippen molar-refractivity contribution in [3.8, 4) is 0 Å². The van der Waals surface area contributed by atoms with E-state index in [-0.39, 0.29) is 28.3 Å². The van der Waals surface area contributed by atoms with E-state index in [1.165, 1.54) is 18.5 Å². The molecule has 8 heavy (non-hydrogen) atoms. The van der Waals surface area contributed by atoms with Crippen LogP contribution in [-0.2, 0) is 39.8 Å². The van der Waals surface area contributed by atoms with Crippen LogP contribution in [0.3, 0.4) is 0 Å². The van der Waals surface area contributed by atoms with Gasteiger partial charge in [0.2, 0.25) is 5.91 Å². The molecular weight excluding hydrogens is 218 g/mol. The summed E-state index contributed by atoms with van der Waals surface area (Å²) in [5.41, 5.74) is 0. The fourth-order valence-electron chi connectivity index (χ4n) is 0.151. The molecule has 0 heterocycles. The van der Waals surface area contributed by atoms with Gasteiger partial charge in [0.25, 0.3) is 0 Å². The Morgan fingerprint density at radius 1 is 1.75 bits per heavy atom. The van der Waals surface area contributed by atoms with Crippen LogP contribution in [0.15, 0.2) is 11.6 Å². The van der Waals surface area contributed by atoms with E-state index >= 15 is 0 Å². The van der Waals surface area contributed by atoms with E-state index < -0.39 is 0 Å². The molecule has 0 atom stereocenters. The standard InChI is InChI=1S/C4H7NOS.Ag/c1-4(6)5-2-3-7;/h2-3,7H,1H3,(H,5,6);/q;+1/p-1. The van der Waals surface area contributed by atoms with Crippen molar-refractivity contribution >= 4 is 18.5 Å². The molecule has 0 unspecified atom stereocenters. The molecule has 0 aliphatic carbocycles. The average Bonchev–Trinajstić information content (AvgIpc) is 1.61. The first-order valence-electron chi connectivity index (χ1n) is 1.81. The SMILES string of the molecule is CC(=O)NC=C[S-].[Ag+]. The molecule has 0 radical (unpaired) electrons. The van der Waals surface area contributed by atoms with Crippen molar-refractivity contribution in [2.75, 3.05) is 0 Å². The zero-order chi connectivity index (χ0) is 5.70. The second-order valence-corrected chi connectivity index (χ2v) is 1.28. The first-order valence-corrected chi connectivity index (χ1v) is 2.28. The van der Waals surface area contributed by atoms with E-state index in [2.05, 4.69) is 17.9 Å². The second kappa shape index (κ2) is 7.17. The van der Waals surface area contributed by atoms with Gasteiger partial charge in [-0.1, -0.05) is 0 Å². The van der Waals surface area contributed by atoms with Crippen LogP contribution in [0.4, 0.5) is 0 Å². The van der Waals surface area contributed by atoms with Crippen LogP contribution in [0.5, 0.6) is 0 Å². The van der Waals surface area contributed by atoms with Crippen LogP contribution in [-0.4, -0.2) is 5.91 Å². The third-order valence-electron chi connectivity index (χ3n) is 0.355. The van der Waals surface area contributed by atoms with Gasteiger partial charge in [0.05, 0.1) is 0 Å². The molecule has 0 aromatic rings. The third kappa shape index (κ3) is 9.48. The Labute approximate surface area is 69.6 Å². The topological polar surface area (TPSA) is 29.1 Å². The summed E-state index contributed by atoms with van der Waals surface area (Å²) in [7, 11) is 0. The van der Waals surface area contributed by atoms with Crippen LogP contribution in [0.1, 0.15) is 6.92 Å². The van der Waals surface area contributed by atoms with Gasteiger partial charge in [-0.15, -0.1) is 0 Å². The summed E-state index contributed by atoms with van der Waals surface area (Å²) in [6.45, 7) is 1.43. The Kier molecular flexibility index (Phi) is 9.89. The normalized spacial score (nSPS) is 8.12. The van der Waals surface area contributed by atoms with Crippen LogP contribution < -0.4 is 5.32 Å². The molecule has 4 heteroatoms. The fourth-order valence-corrected chi connectivity index (χ4v) is 0.219. The molecule has 0 aromatic carbocycles. The van der Waals surface area contributed by atoms with Gasteiger partial charge in [0.15, 0.2) is 0 Å². The van der Waals surface area contributed by atoms with Crippen molar-refractivity contribution in [2.45, 2.75) is 6.92 Å². The molecule has 0 aromatic heterocycles. The van der Waals surface area contributed by atoms with Crippen molar-refractivity contribution in [1.29, 1.82) is 0 Å². The number of carbonyl (C=O) groups is 1. The Balaban J connectivity index is 0. The number of carbonyl (C=O) groups excluding carboxylic acids is 1. The van der Waals surface area contributed by atoms with E-state index in [9.17, 15) is 4.79 Å². The van der Waals surface area contributed by atoms with Crippen molar-refractivity contribution < 1.29 is 27.2 Å². The third-order valence-corrected chi connectivity index (χ3v) is 0.491.